The molecule has 0 spiro atoms. The van der Waals surface area contributed by atoms with Crippen molar-refractivity contribution in [2.75, 3.05) is 0 Å². The first kappa shape index (κ1) is 8.18. The van der Waals surface area contributed by atoms with Gasteiger partial charge >= 0.3 is 0 Å². The summed E-state index contributed by atoms with van der Waals surface area (Å²) in [4.78, 5) is 5.53. The van der Waals surface area contributed by atoms with Gasteiger partial charge in [0, 0.05) is 11.6 Å². The van der Waals surface area contributed by atoms with Crippen LogP contribution in [0.25, 0.3) is 15.8 Å². The van der Waals surface area contributed by atoms with Crippen LogP contribution in [-0.2, 0) is 0 Å². The molecule has 0 radical (unpaired) electrons. The lowest BCUT2D eigenvalue weighted by atomic mass is 10.0. The SMILES string of the molecule is C1=C(c2ccnc3sccc23)CCC1. The van der Waals surface area contributed by atoms with Crippen molar-refractivity contribution < 1.29 is 0 Å². The fraction of sp³-hybridized carbons (Fsp3) is 0.250. The molecule has 0 aliphatic heterocycles. The minimum absolute atomic E-state index is 1.16. The van der Waals surface area contributed by atoms with Gasteiger partial charge in [0.2, 0.25) is 0 Å². The second-order valence-electron chi connectivity index (χ2n) is 3.62. The molecule has 0 atom stereocenters. The molecule has 0 unspecified atom stereocenters. The topological polar surface area (TPSA) is 12.9 Å². The number of aromatic nitrogens is 1. The zero-order valence-electron chi connectivity index (χ0n) is 7.86. The number of allylic oxidation sites excluding steroid dienone is 2. The van der Waals surface area contributed by atoms with E-state index in [9.17, 15) is 0 Å². The predicted molar refractivity (Wildman–Crippen MR) is 61.4 cm³/mol. The van der Waals surface area contributed by atoms with Gasteiger partial charge in [-0.1, -0.05) is 6.08 Å². The number of pyridine rings is 1. The molecule has 0 aromatic carbocycles. The minimum atomic E-state index is 1.16. The quantitative estimate of drug-likeness (QED) is 0.682. The summed E-state index contributed by atoms with van der Waals surface area (Å²) in [5, 5.41) is 3.45. The van der Waals surface area contributed by atoms with Crippen LogP contribution in [-0.4, -0.2) is 4.98 Å². The van der Waals surface area contributed by atoms with Gasteiger partial charge in [0.05, 0.1) is 0 Å². The van der Waals surface area contributed by atoms with Gasteiger partial charge in [0.25, 0.3) is 0 Å². The van der Waals surface area contributed by atoms with Crippen LogP contribution in [0.1, 0.15) is 24.8 Å². The van der Waals surface area contributed by atoms with Crippen LogP contribution in [0, 0.1) is 0 Å². The number of hydrogen-bond donors (Lipinski definition) is 0. The molecule has 3 rings (SSSR count). The molecule has 0 N–H and O–H groups in total. The molecular formula is C12H11NS. The van der Waals surface area contributed by atoms with Crippen molar-refractivity contribution in [2.24, 2.45) is 0 Å². The fourth-order valence-electron chi connectivity index (χ4n) is 2.07. The Morgan fingerprint density at radius 2 is 2.29 bits per heavy atom. The van der Waals surface area contributed by atoms with Crippen LogP contribution >= 0.6 is 11.3 Å². The Labute approximate surface area is 87.1 Å². The Morgan fingerprint density at radius 3 is 3.14 bits per heavy atom. The third-order valence-corrected chi connectivity index (χ3v) is 3.58. The summed E-state index contributed by atoms with van der Waals surface area (Å²) in [6.07, 6.45) is 8.07. The Balaban J connectivity index is 2.24. The summed E-state index contributed by atoms with van der Waals surface area (Å²) in [6, 6.07) is 4.33. The van der Waals surface area contributed by atoms with Gasteiger partial charge in [-0.25, -0.2) is 4.98 Å². The van der Waals surface area contributed by atoms with Crippen molar-refractivity contribution in [1.82, 2.24) is 4.98 Å². The highest BCUT2D eigenvalue weighted by Gasteiger charge is 2.10. The number of thiophene rings is 1. The molecule has 1 nitrogen and oxygen atoms in total. The number of hydrogen-bond acceptors (Lipinski definition) is 2. The smallest absolute Gasteiger partial charge is 0.123 e. The van der Waals surface area contributed by atoms with Crippen molar-refractivity contribution in [3.8, 4) is 0 Å². The molecule has 2 aromatic heterocycles. The van der Waals surface area contributed by atoms with E-state index in [1.807, 2.05) is 6.20 Å². The zero-order chi connectivity index (χ0) is 9.38. The zero-order valence-corrected chi connectivity index (χ0v) is 8.68. The molecule has 0 bridgehead atoms. The van der Waals surface area contributed by atoms with Crippen molar-refractivity contribution >= 4 is 27.1 Å². The number of fused-ring (bicyclic) bond motifs is 1. The first-order chi connectivity index (χ1) is 6.95. The van der Waals surface area contributed by atoms with E-state index in [0.29, 0.717) is 0 Å². The molecule has 0 fully saturated rings. The summed E-state index contributed by atoms with van der Waals surface area (Å²) in [7, 11) is 0. The fourth-order valence-corrected chi connectivity index (χ4v) is 2.83. The molecule has 70 valence electrons. The Kier molecular flexibility index (Phi) is 1.88. The van der Waals surface area contributed by atoms with E-state index in [1.165, 1.54) is 35.8 Å². The van der Waals surface area contributed by atoms with Gasteiger partial charge in [0.1, 0.15) is 4.83 Å². The van der Waals surface area contributed by atoms with Gasteiger partial charge in [-0.15, -0.1) is 11.3 Å². The van der Waals surface area contributed by atoms with E-state index in [1.54, 1.807) is 11.3 Å². The molecule has 0 amide bonds. The Hall–Kier alpha value is -1.15. The average molecular weight is 201 g/mol. The molecule has 1 aliphatic rings. The summed E-state index contributed by atoms with van der Waals surface area (Å²) in [5.74, 6) is 0. The third-order valence-electron chi connectivity index (χ3n) is 2.75. The van der Waals surface area contributed by atoms with E-state index in [2.05, 4.69) is 28.6 Å². The van der Waals surface area contributed by atoms with E-state index in [0.717, 1.165) is 4.83 Å². The predicted octanol–water partition coefficient (Wildman–Crippen LogP) is 3.86. The third kappa shape index (κ3) is 1.18. The van der Waals surface area contributed by atoms with E-state index in [4.69, 9.17) is 0 Å². The maximum atomic E-state index is 4.36. The van der Waals surface area contributed by atoms with E-state index >= 15 is 0 Å². The second-order valence-corrected chi connectivity index (χ2v) is 4.51. The lowest BCUT2D eigenvalue weighted by molar-refractivity contribution is 0.935. The van der Waals surface area contributed by atoms with Crippen LogP contribution in [0.3, 0.4) is 0 Å². The van der Waals surface area contributed by atoms with Crippen molar-refractivity contribution in [2.45, 2.75) is 19.3 Å². The molecule has 2 heteroatoms. The summed E-state index contributed by atoms with van der Waals surface area (Å²) >= 11 is 1.72. The molecule has 0 saturated carbocycles. The van der Waals surface area contributed by atoms with E-state index < -0.39 is 0 Å². The maximum absolute atomic E-state index is 4.36. The van der Waals surface area contributed by atoms with Gasteiger partial charge in [-0.05, 0) is 47.9 Å². The van der Waals surface area contributed by atoms with Crippen LogP contribution in [0.5, 0.6) is 0 Å². The molecule has 14 heavy (non-hydrogen) atoms. The summed E-state index contributed by atoms with van der Waals surface area (Å²) < 4.78 is 0. The van der Waals surface area contributed by atoms with Crippen molar-refractivity contribution in [3.63, 3.8) is 0 Å². The van der Waals surface area contributed by atoms with Crippen LogP contribution in [0.15, 0.2) is 29.8 Å². The lowest BCUT2D eigenvalue weighted by Gasteiger charge is -2.02. The van der Waals surface area contributed by atoms with Gasteiger partial charge in [-0.3, -0.25) is 0 Å². The molecule has 0 saturated heterocycles. The highest BCUT2D eigenvalue weighted by Crippen LogP contribution is 2.33. The monoisotopic (exact) mass is 201 g/mol. The number of rotatable bonds is 1. The molecular weight excluding hydrogens is 190 g/mol. The highest BCUT2D eigenvalue weighted by atomic mass is 32.1. The van der Waals surface area contributed by atoms with Crippen LogP contribution in [0.4, 0.5) is 0 Å². The largest absolute Gasteiger partial charge is 0.245 e. The average Bonchev–Trinajstić information content (AvgIpc) is 2.88. The number of nitrogens with zero attached hydrogens (tertiary/aromatic N) is 1. The molecule has 2 aromatic rings. The molecule has 2 heterocycles. The Morgan fingerprint density at radius 1 is 1.29 bits per heavy atom. The maximum Gasteiger partial charge on any atom is 0.123 e. The minimum Gasteiger partial charge on any atom is -0.245 e. The van der Waals surface area contributed by atoms with Gasteiger partial charge in [0.15, 0.2) is 0 Å². The lowest BCUT2D eigenvalue weighted by Crippen LogP contribution is -1.82. The highest BCUT2D eigenvalue weighted by molar-refractivity contribution is 7.16. The first-order valence-electron chi connectivity index (χ1n) is 4.97. The van der Waals surface area contributed by atoms with Crippen LogP contribution in [0.2, 0.25) is 0 Å². The molecule has 1 aliphatic carbocycles. The Bertz CT molecular complexity index is 496. The normalized spacial score (nSPS) is 16.1. The standard InChI is InChI=1S/C12H11NS/c1-2-4-9(3-1)10-5-7-13-12-11(10)6-8-14-12/h3,5-8H,1-2,4H2. The second kappa shape index (κ2) is 3.21. The summed E-state index contributed by atoms with van der Waals surface area (Å²) in [5.41, 5.74) is 2.91. The van der Waals surface area contributed by atoms with Gasteiger partial charge in [-0.2, -0.15) is 0 Å². The van der Waals surface area contributed by atoms with Crippen LogP contribution < -0.4 is 0 Å². The van der Waals surface area contributed by atoms with Gasteiger partial charge < -0.3 is 0 Å². The van der Waals surface area contributed by atoms with E-state index in [-0.39, 0.29) is 0 Å². The van der Waals surface area contributed by atoms with Crippen molar-refractivity contribution in [1.29, 1.82) is 0 Å². The van der Waals surface area contributed by atoms with Crippen molar-refractivity contribution in [3.05, 3.63) is 35.3 Å². The summed E-state index contributed by atoms with van der Waals surface area (Å²) in [6.45, 7) is 0. The first-order valence-corrected chi connectivity index (χ1v) is 5.85.